The van der Waals surface area contributed by atoms with Crippen LogP contribution in [0.4, 0.5) is 0 Å². The van der Waals surface area contributed by atoms with Crippen molar-refractivity contribution < 1.29 is 13.2 Å². The van der Waals surface area contributed by atoms with E-state index in [2.05, 4.69) is 15.9 Å². The maximum absolute atomic E-state index is 12.3. The Kier molecular flexibility index (Phi) is 5.09. The fraction of sp³-hybridized carbons (Fsp3) is 0.0714. The first-order valence-corrected chi connectivity index (χ1v) is 8.97. The lowest BCUT2D eigenvalue weighted by Gasteiger charge is -2.06. The van der Waals surface area contributed by atoms with Crippen LogP contribution in [-0.4, -0.2) is 20.0 Å². The van der Waals surface area contributed by atoms with Crippen molar-refractivity contribution in [2.24, 2.45) is 0 Å². The van der Waals surface area contributed by atoms with Crippen LogP contribution < -0.4 is 0 Å². The van der Waals surface area contributed by atoms with E-state index in [0.29, 0.717) is 9.50 Å². The molecule has 0 heterocycles. The van der Waals surface area contributed by atoms with Gasteiger partial charge >= 0.3 is 0 Å². The summed E-state index contributed by atoms with van der Waals surface area (Å²) in [5.41, 5.74) is 0.208. The van der Waals surface area contributed by atoms with Crippen molar-refractivity contribution in [3.05, 3.63) is 62.5 Å². The molecule has 0 atom stereocenters. The van der Waals surface area contributed by atoms with Crippen LogP contribution >= 0.6 is 39.1 Å². The molecule has 3 nitrogen and oxygen atoms in total. The topological polar surface area (TPSA) is 51.2 Å². The van der Waals surface area contributed by atoms with E-state index >= 15 is 0 Å². The number of carbonyl (C=O) groups excluding carboxylic acids is 1. The van der Waals surface area contributed by atoms with E-state index in [1.807, 2.05) is 0 Å². The molecule has 0 aliphatic rings. The number of carbonyl (C=O) groups is 1. The summed E-state index contributed by atoms with van der Waals surface area (Å²) in [6, 6.07) is 10.6. The van der Waals surface area contributed by atoms with E-state index in [4.69, 9.17) is 23.2 Å². The molecular weight excluding hydrogens is 399 g/mol. The van der Waals surface area contributed by atoms with Gasteiger partial charge in [0.25, 0.3) is 0 Å². The number of sulfone groups is 1. The Hall–Kier alpha value is -0.880. The van der Waals surface area contributed by atoms with Crippen molar-refractivity contribution in [3.8, 4) is 0 Å². The first-order chi connectivity index (χ1) is 9.81. The van der Waals surface area contributed by atoms with Gasteiger partial charge in [-0.3, -0.25) is 4.79 Å². The highest BCUT2D eigenvalue weighted by molar-refractivity contribution is 9.10. The van der Waals surface area contributed by atoms with Gasteiger partial charge in [0.2, 0.25) is 0 Å². The molecule has 0 saturated carbocycles. The van der Waals surface area contributed by atoms with Gasteiger partial charge in [0.15, 0.2) is 15.6 Å². The summed E-state index contributed by atoms with van der Waals surface area (Å²) in [7, 11) is -3.73. The molecule has 2 rings (SSSR count). The van der Waals surface area contributed by atoms with Gasteiger partial charge in [0.1, 0.15) is 5.75 Å². The molecule has 0 unspecified atom stereocenters. The highest BCUT2D eigenvalue weighted by Gasteiger charge is 2.22. The van der Waals surface area contributed by atoms with Gasteiger partial charge in [0, 0.05) is 10.0 Å². The lowest BCUT2D eigenvalue weighted by molar-refractivity contribution is 0.102. The summed E-state index contributed by atoms with van der Waals surface area (Å²) in [6.07, 6.45) is 0. The fourth-order valence-corrected chi connectivity index (χ4v) is 4.34. The molecule has 2 aromatic carbocycles. The molecule has 0 aliphatic carbocycles. The Morgan fingerprint density at radius 2 is 1.71 bits per heavy atom. The number of halogens is 3. The molecule has 0 aromatic heterocycles. The second-order valence-electron chi connectivity index (χ2n) is 4.24. The van der Waals surface area contributed by atoms with E-state index in [1.54, 1.807) is 18.2 Å². The zero-order valence-electron chi connectivity index (χ0n) is 10.5. The van der Waals surface area contributed by atoms with E-state index in [0.717, 1.165) is 0 Å². The smallest absolute Gasteiger partial charge is 0.186 e. The van der Waals surface area contributed by atoms with Gasteiger partial charge < -0.3 is 0 Å². The predicted molar refractivity (Wildman–Crippen MR) is 87.0 cm³/mol. The zero-order chi connectivity index (χ0) is 15.6. The van der Waals surface area contributed by atoms with Crippen molar-refractivity contribution in [1.82, 2.24) is 0 Å². The van der Waals surface area contributed by atoms with E-state index < -0.39 is 21.4 Å². The number of Topliss-reactive ketones (excluding diaryl/α,β-unsaturated/α-hetero) is 1. The quantitative estimate of drug-likeness (QED) is 0.705. The van der Waals surface area contributed by atoms with Crippen molar-refractivity contribution in [2.75, 3.05) is 5.75 Å². The fourth-order valence-electron chi connectivity index (χ4n) is 1.70. The molecule has 0 amide bonds. The van der Waals surface area contributed by atoms with Crippen LogP contribution in [0, 0.1) is 0 Å². The third-order valence-corrected chi connectivity index (χ3v) is 6.10. The first-order valence-electron chi connectivity index (χ1n) is 5.77. The Labute approximate surface area is 140 Å². The van der Waals surface area contributed by atoms with Gasteiger partial charge in [0.05, 0.1) is 14.9 Å². The molecule has 0 fully saturated rings. The minimum Gasteiger partial charge on any atom is -0.293 e. The van der Waals surface area contributed by atoms with Crippen LogP contribution in [0.1, 0.15) is 10.4 Å². The largest absolute Gasteiger partial charge is 0.293 e. The maximum atomic E-state index is 12.3. The van der Waals surface area contributed by atoms with Crippen LogP contribution in [0.25, 0.3) is 0 Å². The Bertz CT molecular complexity index is 804. The number of benzene rings is 2. The Morgan fingerprint density at radius 3 is 2.33 bits per heavy atom. The molecule has 0 aliphatic heterocycles. The molecule has 21 heavy (non-hydrogen) atoms. The van der Waals surface area contributed by atoms with Crippen LogP contribution in [0.15, 0.2) is 51.8 Å². The third kappa shape index (κ3) is 3.86. The minimum atomic E-state index is -3.73. The van der Waals surface area contributed by atoms with E-state index in [-0.39, 0.29) is 15.5 Å². The van der Waals surface area contributed by atoms with Gasteiger partial charge in [-0.25, -0.2) is 8.42 Å². The molecule has 110 valence electrons. The minimum absolute atomic E-state index is 0.0819. The van der Waals surface area contributed by atoms with Crippen molar-refractivity contribution in [1.29, 1.82) is 0 Å². The highest BCUT2D eigenvalue weighted by Crippen LogP contribution is 2.25. The van der Waals surface area contributed by atoms with E-state index in [9.17, 15) is 13.2 Å². The van der Waals surface area contributed by atoms with Crippen LogP contribution in [0.5, 0.6) is 0 Å². The predicted octanol–water partition coefficient (Wildman–Crippen LogP) is 4.41. The summed E-state index contributed by atoms with van der Waals surface area (Å²) >= 11 is 14.8. The number of rotatable bonds is 4. The average Bonchev–Trinajstić information content (AvgIpc) is 2.41. The zero-order valence-corrected chi connectivity index (χ0v) is 14.4. The molecule has 2 aromatic rings. The first kappa shape index (κ1) is 16.5. The van der Waals surface area contributed by atoms with Gasteiger partial charge in [-0.2, -0.15) is 0 Å². The molecule has 0 spiro atoms. The summed E-state index contributed by atoms with van der Waals surface area (Å²) in [4.78, 5) is 12.2. The SMILES string of the molecule is O=C(CS(=O)(=O)c1ccccc1Br)c1ccc(Cl)c(Cl)c1. The van der Waals surface area contributed by atoms with Crippen LogP contribution in [-0.2, 0) is 9.84 Å². The maximum Gasteiger partial charge on any atom is 0.186 e. The van der Waals surface area contributed by atoms with Crippen molar-refractivity contribution in [3.63, 3.8) is 0 Å². The van der Waals surface area contributed by atoms with E-state index in [1.165, 1.54) is 24.3 Å². The number of hydrogen-bond donors (Lipinski definition) is 0. The summed E-state index contributed by atoms with van der Waals surface area (Å²) in [6.45, 7) is 0. The second kappa shape index (κ2) is 6.48. The molecular formula is C14H9BrCl2O3S. The van der Waals surface area contributed by atoms with Crippen molar-refractivity contribution in [2.45, 2.75) is 4.90 Å². The highest BCUT2D eigenvalue weighted by atomic mass is 79.9. The standard InChI is InChI=1S/C14H9BrCl2O3S/c15-10-3-1-2-4-14(10)21(19,20)8-13(18)9-5-6-11(16)12(17)7-9/h1-7H,8H2. The lowest BCUT2D eigenvalue weighted by atomic mass is 10.1. The molecule has 0 radical (unpaired) electrons. The van der Waals surface area contributed by atoms with Crippen LogP contribution in [0.2, 0.25) is 10.0 Å². The average molecular weight is 408 g/mol. The summed E-state index contributed by atoms with van der Waals surface area (Å²) in [5.74, 6) is -1.17. The Morgan fingerprint density at radius 1 is 1.05 bits per heavy atom. The summed E-state index contributed by atoms with van der Waals surface area (Å²) in [5, 5.41) is 0.516. The Balaban J connectivity index is 2.30. The normalized spacial score (nSPS) is 11.4. The summed E-state index contributed by atoms with van der Waals surface area (Å²) < 4.78 is 25.0. The lowest BCUT2D eigenvalue weighted by Crippen LogP contribution is -2.16. The number of hydrogen-bond acceptors (Lipinski definition) is 3. The van der Waals surface area contributed by atoms with Gasteiger partial charge in [-0.05, 0) is 46.3 Å². The molecule has 0 N–H and O–H groups in total. The monoisotopic (exact) mass is 406 g/mol. The molecule has 0 saturated heterocycles. The van der Waals surface area contributed by atoms with Gasteiger partial charge in [-0.1, -0.05) is 35.3 Å². The second-order valence-corrected chi connectivity index (χ2v) is 7.87. The van der Waals surface area contributed by atoms with Crippen LogP contribution in [0.3, 0.4) is 0 Å². The number of ketones is 1. The van der Waals surface area contributed by atoms with Gasteiger partial charge in [-0.15, -0.1) is 0 Å². The van der Waals surface area contributed by atoms with Crippen molar-refractivity contribution >= 4 is 54.8 Å². The molecule has 7 heteroatoms. The third-order valence-electron chi connectivity index (χ3n) is 2.73. The molecule has 0 bridgehead atoms.